The van der Waals surface area contributed by atoms with Gasteiger partial charge < -0.3 is 14.2 Å². The van der Waals surface area contributed by atoms with E-state index in [0.29, 0.717) is 4.90 Å². The number of rotatable bonds is 9. The molecule has 1 aliphatic heterocycles. The van der Waals surface area contributed by atoms with Crippen molar-refractivity contribution in [3.05, 3.63) is 10.4 Å². The molecular formula is C15H19F3N4O7. The highest BCUT2D eigenvalue weighted by Gasteiger charge is 2.51. The van der Waals surface area contributed by atoms with Gasteiger partial charge in [-0.3, -0.25) is 14.4 Å². The van der Waals surface area contributed by atoms with Gasteiger partial charge in [-0.25, -0.2) is 9.69 Å². The van der Waals surface area contributed by atoms with Crippen molar-refractivity contribution in [2.45, 2.75) is 37.9 Å². The highest BCUT2D eigenvalue weighted by atomic mass is 19.4. The summed E-state index contributed by atoms with van der Waals surface area (Å²) < 4.78 is 51.4. The van der Waals surface area contributed by atoms with Gasteiger partial charge in [-0.1, -0.05) is 5.11 Å². The number of carbonyl (C=O) groups excluding carboxylic acids is 4. The van der Waals surface area contributed by atoms with E-state index in [1.54, 1.807) is 0 Å². The van der Waals surface area contributed by atoms with Crippen LogP contribution in [0.5, 0.6) is 0 Å². The molecule has 11 nitrogen and oxygen atoms in total. The Morgan fingerprint density at radius 2 is 1.83 bits per heavy atom. The van der Waals surface area contributed by atoms with Crippen molar-refractivity contribution in [3.63, 3.8) is 0 Å². The molecule has 1 atom stereocenters. The minimum atomic E-state index is -4.56. The lowest BCUT2D eigenvalue weighted by Crippen LogP contribution is -2.48. The third-order valence-electron chi connectivity index (χ3n) is 4.26. The van der Waals surface area contributed by atoms with E-state index in [1.165, 1.54) is 0 Å². The molecule has 14 heteroatoms. The summed E-state index contributed by atoms with van der Waals surface area (Å²) >= 11 is 0. The lowest BCUT2D eigenvalue weighted by atomic mass is 9.76. The molecule has 0 aromatic rings. The first-order chi connectivity index (χ1) is 13.5. The Balaban J connectivity index is 3.27. The van der Waals surface area contributed by atoms with Crippen LogP contribution in [-0.4, -0.2) is 68.4 Å². The number of methoxy groups -OCH3 is 2. The SMILES string of the molecule is COC(=O)C(CCCC(F)(F)F)(C[C@H](N=[N+]=[N-])C(=O)N1CCOC1=O)C(=O)OC. The maximum absolute atomic E-state index is 12.6. The molecule has 0 saturated carbocycles. The van der Waals surface area contributed by atoms with Gasteiger partial charge in [0.05, 0.1) is 20.8 Å². The first-order valence-electron chi connectivity index (χ1n) is 8.28. The summed E-state index contributed by atoms with van der Waals surface area (Å²) in [7, 11) is 1.79. The fourth-order valence-corrected chi connectivity index (χ4v) is 2.88. The van der Waals surface area contributed by atoms with E-state index in [4.69, 9.17) is 5.53 Å². The molecule has 1 heterocycles. The third kappa shape index (κ3) is 5.98. The average Bonchev–Trinajstić information content (AvgIpc) is 3.09. The van der Waals surface area contributed by atoms with Gasteiger partial charge in [0.1, 0.15) is 12.6 Å². The zero-order chi connectivity index (χ0) is 22.2. The molecule has 1 fully saturated rings. The number of alkyl halides is 3. The standard InChI is InChI=1S/C15H19F3N4O7/c1-27-11(24)14(12(25)28-2,4-3-5-15(16,17)18)8-9(20-21-19)10(23)22-6-7-29-13(22)26/h9H,3-8H2,1-2H3/t9-/m0/s1. The van der Waals surface area contributed by atoms with Crippen molar-refractivity contribution in [2.75, 3.05) is 27.4 Å². The van der Waals surface area contributed by atoms with E-state index in [1.807, 2.05) is 0 Å². The number of amides is 2. The third-order valence-corrected chi connectivity index (χ3v) is 4.26. The second-order valence-electron chi connectivity index (χ2n) is 6.06. The molecule has 1 saturated heterocycles. The first-order valence-corrected chi connectivity index (χ1v) is 8.28. The van der Waals surface area contributed by atoms with Crippen molar-refractivity contribution in [2.24, 2.45) is 10.5 Å². The lowest BCUT2D eigenvalue weighted by molar-refractivity contribution is -0.173. The number of halogens is 3. The van der Waals surface area contributed by atoms with Crippen LogP contribution in [0.2, 0.25) is 0 Å². The molecule has 2 amide bonds. The van der Waals surface area contributed by atoms with Gasteiger partial charge in [0.15, 0.2) is 5.41 Å². The maximum atomic E-state index is 12.6. The maximum Gasteiger partial charge on any atom is 0.416 e. The smallest absolute Gasteiger partial charge is 0.416 e. The summed E-state index contributed by atoms with van der Waals surface area (Å²) in [4.78, 5) is 52.0. The summed E-state index contributed by atoms with van der Waals surface area (Å²) in [6.07, 6.45) is -9.11. The Bertz CT molecular complexity index is 691. The number of hydrogen-bond acceptors (Lipinski definition) is 8. The normalized spacial score (nSPS) is 15.2. The Kier molecular flexibility index (Phi) is 8.25. The molecule has 0 spiro atoms. The predicted molar refractivity (Wildman–Crippen MR) is 87.0 cm³/mol. The summed E-state index contributed by atoms with van der Waals surface area (Å²) in [5.74, 6) is -3.60. The van der Waals surface area contributed by atoms with Gasteiger partial charge in [-0.05, 0) is 24.8 Å². The molecule has 0 bridgehead atoms. The van der Waals surface area contributed by atoms with Crippen LogP contribution < -0.4 is 0 Å². The monoisotopic (exact) mass is 424 g/mol. The van der Waals surface area contributed by atoms with Crippen LogP contribution in [0, 0.1) is 5.41 Å². The van der Waals surface area contributed by atoms with Crippen molar-refractivity contribution in [3.8, 4) is 0 Å². The largest absolute Gasteiger partial charge is 0.468 e. The number of azide groups is 1. The van der Waals surface area contributed by atoms with Crippen LogP contribution in [0.4, 0.5) is 18.0 Å². The van der Waals surface area contributed by atoms with E-state index in [0.717, 1.165) is 14.2 Å². The van der Waals surface area contributed by atoms with Gasteiger partial charge in [-0.2, -0.15) is 13.2 Å². The topological polar surface area (TPSA) is 148 Å². The van der Waals surface area contributed by atoms with Gasteiger partial charge in [-0.15, -0.1) is 0 Å². The Morgan fingerprint density at radius 3 is 2.24 bits per heavy atom. The second-order valence-corrected chi connectivity index (χ2v) is 6.06. The molecule has 1 aliphatic rings. The van der Waals surface area contributed by atoms with E-state index >= 15 is 0 Å². The highest BCUT2D eigenvalue weighted by Crippen LogP contribution is 2.37. The summed E-state index contributed by atoms with van der Waals surface area (Å²) in [6.45, 7) is -0.273. The van der Waals surface area contributed by atoms with Crippen LogP contribution in [0.25, 0.3) is 10.4 Å². The fraction of sp³-hybridized carbons (Fsp3) is 0.733. The van der Waals surface area contributed by atoms with Crippen LogP contribution in [0.3, 0.4) is 0 Å². The van der Waals surface area contributed by atoms with Crippen LogP contribution in [0.1, 0.15) is 25.7 Å². The lowest BCUT2D eigenvalue weighted by Gasteiger charge is -2.30. The molecular weight excluding hydrogens is 405 g/mol. The highest BCUT2D eigenvalue weighted by molar-refractivity contribution is 6.02. The quantitative estimate of drug-likeness (QED) is 0.137. The summed E-state index contributed by atoms with van der Waals surface area (Å²) in [5, 5.41) is 3.22. The zero-order valence-corrected chi connectivity index (χ0v) is 15.6. The average molecular weight is 424 g/mol. The molecule has 29 heavy (non-hydrogen) atoms. The zero-order valence-electron chi connectivity index (χ0n) is 15.6. The summed E-state index contributed by atoms with van der Waals surface area (Å²) in [6, 6.07) is -1.77. The van der Waals surface area contributed by atoms with E-state index in [9.17, 15) is 32.3 Å². The molecule has 0 aromatic carbocycles. The molecule has 0 aromatic heterocycles. The van der Waals surface area contributed by atoms with Crippen LogP contribution >= 0.6 is 0 Å². The number of nitrogens with zero attached hydrogens (tertiary/aromatic N) is 4. The number of hydrogen-bond donors (Lipinski definition) is 0. The minimum absolute atomic E-state index is 0.113. The summed E-state index contributed by atoms with van der Waals surface area (Å²) in [5.41, 5.74) is 6.40. The number of ether oxygens (including phenoxy) is 3. The number of esters is 2. The first kappa shape index (κ1) is 24.0. The van der Waals surface area contributed by atoms with Crippen molar-refractivity contribution >= 4 is 23.9 Å². The van der Waals surface area contributed by atoms with Crippen LogP contribution in [-0.2, 0) is 28.6 Å². The predicted octanol–water partition coefficient (Wildman–Crippen LogP) is 2.10. The van der Waals surface area contributed by atoms with Crippen molar-refractivity contribution in [1.82, 2.24) is 4.90 Å². The Morgan fingerprint density at radius 1 is 1.24 bits per heavy atom. The van der Waals surface area contributed by atoms with E-state index < -0.39 is 67.3 Å². The number of carbonyl (C=O) groups is 4. The minimum Gasteiger partial charge on any atom is -0.468 e. The van der Waals surface area contributed by atoms with Gasteiger partial charge >= 0.3 is 24.2 Å². The van der Waals surface area contributed by atoms with Gasteiger partial charge in [0, 0.05) is 11.3 Å². The molecule has 162 valence electrons. The number of cyclic esters (lactones) is 1. The Labute approximate surface area is 162 Å². The van der Waals surface area contributed by atoms with Gasteiger partial charge in [0.2, 0.25) is 5.91 Å². The van der Waals surface area contributed by atoms with Crippen molar-refractivity contribution < 1.29 is 46.6 Å². The van der Waals surface area contributed by atoms with Crippen molar-refractivity contribution in [1.29, 1.82) is 0 Å². The molecule has 1 rings (SSSR count). The second kappa shape index (κ2) is 9.96. The fourth-order valence-electron chi connectivity index (χ4n) is 2.88. The Hall–Kier alpha value is -3.02. The number of imide groups is 1. The van der Waals surface area contributed by atoms with E-state index in [-0.39, 0.29) is 13.2 Å². The van der Waals surface area contributed by atoms with E-state index in [2.05, 4.69) is 24.2 Å². The van der Waals surface area contributed by atoms with Crippen LogP contribution in [0.15, 0.2) is 5.11 Å². The van der Waals surface area contributed by atoms with Gasteiger partial charge in [0.25, 0.3) is 0 Å². The molecule has 0 aliphatic carbocycles. The molecule has 0 radical (unpaired) electrons. The molecule has 0 N–H and O–H groups in total. The molecule has 0 unspecified atom stereocenters.